The van der Waals surface area contributed by atoms with E-state index < -0.39 is 0 Å². The van der Waals surface area contributed by atoms with Gasteiger partial charge in [0.2, 0.25) is 0 Å². The van der Waals surface area contributed by atoms with E-state index in [1.807, 2.05) is 24.6 Å². The molecule has 0 aliphatic rings. The van der Waals surface area contributed by atoms with Crippen LogP contribution >= 0.6 is 0 Å². The normalized spacial score (nSPS) is 13.0. The van der Waals surface area contributed by atoms with Gasteiger partial charge in [0.05, 0.1) is 50.4 Å². The molecular formula is C55H67N3O7. The van der Waals surface area contributed by atoms with Crippen molar-refractivity contribution in [2.45, 2.75) is 99.7 Å². The Morgan fingerprint density at radius 2 is 1.25 bits per heavy atom. The number of carbonyl (C=O) groups excluding carboxylic acids is 1. The predicted octanol–water partition coefficient (Wildman–Crippen LogP) is 13.1. The molecule has 0 radical (unpaired) electrons. The Morgan fingerprint density at radius 3 is 1.77 bits per heavy atom. The summed E-state index contributed by atoms with van der Waals surface area (Å²) in [6.45, 7) is 12.7. The topological polar surface area (TPSA) is 121 Å². The summed E-state index contributed by atoms with van der Waals surface area (Å²) in [6, 6.07) is 27.8. The second kappa shape index (κ2) is 25.2. The number of methoxy groups -OCH3 is 3. The number of nitrogens with zero attached hydrogens (tertiary/aromatic N) is 3. The Bertz CT molecular complexity index is 2420. The first-order valence-corrected chi connectivity index (χ1v) is 22.8. The van der Waals surface area contributed by atoms with Gasteiger partial charge in [-0.05, 0) is 91.3 Å². The SMILES string of the molecule is CCCC(C=Nc1cc(OCc2cc(OC)cc(COc3cc(N=CC(Cc4ccccc4CC)C(C)CC)c(/C=C\O)cc3OC)n2)c(OC)cc1C(C)=O)Cc1ccccc1CC. The maximum absolute atomic E-state index is 12.9. The molecule has 0 spiro atoms. The highest BCUT2D eigenvalue weighted by atomic mass is 16.5. The van der Waals surface area contributed by atoms with E-state index in [9.17, 15) is 9.90 Å². The second-order valence-corrected chi connectivity index (χ2v) is 16.3. The molecule has 65 heavy (non-hydrogen) atoms. The fraction of sp³-hybridized carbons (Fsp3) is 0.382. The van der Waals surface area contributed by atoms with Crippen LogP contribution in [0.1, 0.15) is 110 Å². The standard InChI is InChI=1S/C55H67N3O7/c1-10-18-39(25-42-21-16-14-19-40(42)12-3)33-56-51-32-55(53(63-9)30-49(51)38(6)60)65-36-47-29-48(61-7)28-46(58-47)35-64-54-31-50(44(23-24-59)27-52(54)62-8)57-34-45(37(5)11-2)26-43-22-17-15-20-41(43)13-4/h14-17,19-24,27-34,37,39,45,59H,10-13,18,25-26,35-36H2,1-9H3/b24-23-,56-33?,57-34?. The van der Waals surface area contributed by atoms with Gasteiger partial charge in [-0.15, -0.1) is 0 Å². The highest BCUT2D eigenvalue weighted by Crippen LogP contribution is 2.38. The predicted molar refractivity (Wildman–Crippen MR) is 264 cm³/mol. The van der Waals surface area contributed by atoms with E-state index >= 15 is 0 Å². The summed E-state index contributed by atoms with van der Waals surface area (Å²) >= 11 is 0. The van der Waals surface area contributed by atoms with Crippen molar-refractivity contribution in [2.24, 2.45) is 27.7 Å². The fourth-order valence-corrected chi connectivity index (χ4v) is 7.97. The lowest BCUT2D eigenvalue weighted by molar-refractivity contribution is 0.101. The van der Waals surface area contributed by atoms with Crippen molar-refractivity contribution in [3.8, 4) is 28.7 Å². The van der Waals surface area contributed by atoms with Crippen LogP contribution in [0.15, 0.2) is 101 Å². The molecule has 0 bridgehead atoms. The number of rotatable bonds is 25. The van der Waals surface area contributed by atoms with E-state index in [1.54, 1.807) is 51.7 Å². The number of aryl methyl sites for hydroxylation is 2. The Labute approximate surface area is 386 Å². The van der Waals surface area contributed by atoms with Crippen LogP contribution < -0.4 is 23.7 Å². The van der Waals surface area contributed by atoms with Crippen LogP contribution in [0, 0.1) is 17.8 Å². The van der Waals surface area contributed by atoms with Crippen molar-refractivity contribution in [1.82, 2.24) is 4.98 Å². The number of aliphatic hydroxyl groups excluding tert-OH is 1. The van der Waals surface area contributed by atoms with Gasteiger partial charge >= 0.3 is 0 Å². The molecule has 1 heterocycles. The third kappa shape index (κ3) is 13.8. The summed E-state index contributed by atoms with van der Waals surface area (Å²) in [7, 11) is 4.72. The number of Topliss-reactive ketones (excluding diaryl/α,β-unsaturated/α-hetero) is 1. The van der Waals surface area contributed by atoms with Gasteiger partial charge in [-0.2, -0.15) is 0 Å². The zero-order chi connectivity index (χ0) is 46.7. The molecule has 5 rings (SSSR count). The minimum Gasteiger partial charge on any atom is -0.516 e. The number of aliphatic hydroxyl groups is 1. The summed E-state index contributed by atoms with van der Waals surface area (Å²) in [5.41, 5.74) is 8.79. The van der Waals surface area contributed by atoms with Crippen LogP contribution in [0.4, 0.5) is 11.4 Å². The van der Waals surface area contributed by atoms with Gasteiger partial charge < -0.3 is 28.8 Å². The van der Waals surface area contributed by atoms with Crippen molar-refractivity contribution < 1.29 is 33.6 Å². The van der Waals surface area contributed by atoms with E-state index in [2.05, 4.69) is 83.1 Å². The molecule has 3 unspecified atom stereocenters. The molecule has 4 aromatic carbocycles. The Hall–Kier alpha value is -6.42. The van der Waals surface area contributed by atoms with E-state index in [0.717, 1.165) is 51.2 Å². The number of hydrogen-bond acceptors (Lipinski definition) is 10. The molecule has 1 aromatic heterocycles. The maximum Gasteiger partial charge on any atom is 0.163 e. The van der Waals surface area contributed by atoms with Gasteiger partial charge in [0, 0.05) is 53.7 Å². The fourth-order valence-electron chi connectivity index (χ4n) is 7.97. The molecule has 10 heteroatoms. The smallest absolute Gasteiger partial charge is 0.163 e. The van der Waals surface area contributed by atoms with E-state index in [1.165, 1.54) is 29.2 Å². The Kier molecular flexibility index (Phi) is 19.2. The quantitative estimate of drug-likeness (QED) is 0.0349. The molecule has 3 atom stereocenters. The molecule has 0 aliphatic heterocycles. The Balaban J connectivity index is 1.38. The minimum atomic E-state index is -0.122. The first-order valence-electron chi connectivity index (χ1n) is 22.8. The summed E-state index contributed by atoms with van der Waals surface area (Å²) in [5.74, 6) is 3.01. The largest absolute Gasteiger partial charge is 0.516 e. The van der Waals surface area contributed by atoms with Crippen LogP contribution in [0.25, 0.3) is 6.08 Å². The van der Waals surface area contributed by atoms with E-state index in [0.29, 0.717) is 68.6 Å². The number of aromatic nitrogens is 1. The number of ketones is 1. The molecular weight excluding hydrogens is 815 g/mol. The van der Waals surface area contributed by atoms with Crippen molar-refractivity contribution in [3.63, 3.8) is 0 Å². The van der Waals surface area contributed by atoms with Crippen LogP contribution in [-0.2, 0) is 38.9 Å². The van der Waals surface area contributed by atoms with Gasteiger partial charge in [0.1, 0.15) is 19.0 Å². The molecule has 344 valence electrons. The number of ether oxygens (including phenoxy) is 5. The van der Waals surface area contributed by atoms with Gasteiger partial charge in [-0.1, -0.05) is 96.0 Å². The lowest BCUT2D eigenvalue weighted by atomic mass is 9.85. The maximum atomic E-state index is 12.9. The van der Waals surface area contributed by atoms with Gasteiger partial charge in [-0.25, -0.2) is 0 Å². The Morgan fingerprint density at radius 1 is 0.692 bits per heavy atom. The van der Waals surface area contributed by atoms with Crippen molar-refractivity contribution in [1.29, 1.82) is 0 Å². The molecule has 0 saturated carbocycles. The number of aliphatic imine (C=N–C) groups is 2. The number of benzene rings is 4. The van der Waals surface area contributed by atoms with E-state index in [4.69, 9.17) is 38.7 Å². The second-order valence-electron chi connectivity index (χ2n) is 16.3. The van der Waals surface area contributed by atoms with Crippen LogP contribution in [0.3, 0.4) is 0 Å². The molecule has 0 saturated heterocycles. The van der Waals surface area contributed by atoms with Crippen molar-refractivity contribution >= 4 is 35.7 Å². The molecule has 0 amide bonds. The third-order valence-corrected chi connectivity index (χ3v) is 11.9. The summed E-state index contributed by atoms with van der Waals surface area (Å²) in [5, 5.41) is 9.81. The molecule has 10 nitrogen and oxygen atoms in total. The summed E-state index contributed by atoms with van der Waals surface area (Å²) < 4.78 is 29.9. The third-order valence-electron chi connectivity index (χ3n) is 11.9. The molecule has 5 aromatic rings. The lowest BCUT2D eigenvalue weighted by Crippen LogP contribution is -2.16. The molecule has 0 fully saturated rings. The van der Waals surface area contributed by atoms with Crippen molar-refractivity contribution in [3.05, 3.63) is 136 Å². The number of carbonyl (C=O) groups is 1. The summed E-state index contributed by atoms with van der Waals surface area (Å²) in [6.07, 6.45) is 13.3. The van der Waals surface area contributed by atoms with Crippen LogP contribution in [0.2, 0.25) is 0 Å². The molecule has 1 N–H and O–H groups in total. The number of pyridine rings is 1. The zero-order valence-electron chi connectivity index (χ0n) is 39.7. The highest BCUT2D eigenvalue weighted by molar-refractivity contribution is 6.00. The van der Waals surface area contributed by atoms with Gasteiger partial charge in [0.25, 0.3) is 0 Å². The van der Waals surface area contributed by atoms with Gasteiger partial charge in [0.15, 0.2) is 28.8 Å². The first kappa shape index (κ1) is 49.6. The van der Waals surface area contributed by atoms with Crippen molar-refractivity contribution in [2.75, 3.05) is 21.3 Å². The van der Waals surface area contributed by atoms with Crippen LogP contribution in [0.5, 0.6) is 28.7 Å². The first-order chi connectivity index (χ1) is 31.6. The lowest BCUT2D eigenvalue weighted by Gasteiger charge is -2.21. The molecule has 0 aliphatic carbocycles. The monoisotopic (exact) mass is 881 g/mol. The zero-order valence-corrected chi connectivity index (χ0v) is 39.7. The summed E-state index contributed by atoms with van der Waals surface area (Å²) in [4.78, 5) is 27.7. The average molecular weight is 882 g/mol. The van der Waals surface area contributed by atoms with Gasteiger partial charge in [-0.3, -0.25) is 19.8 Å². The van der Waals surface area contributed by atoms with Crippen LogP contribution in [-0.4, -0.2) is 49.6 Å². The van der Waals surface area contributed by atoms with E-state index in [-0.39, 0.29) is 30.8 Å². The minimum absolute atomic E-state index is 0.0693. The average Bonchev–Trinajstić information content (AvgIpc) is 3.33. The number of hydrogen-bond donors (Lipinski definition) is 1. The highest BCUT2D eigenvalue weighted by Gasteiger charge is 2.19.